The summed E-state index contributed by atoms with van der Waals surface area (Å²) in [6, 6.07) is 8.29. The minimum atomic E-state index is -0.517. The van der Waals surface area contributed by atoms with E-state index in [1.165, 1.54) is 19.2 Å². The molecule has 30 heavy (non-hydrogen) atoms. The fourth-order valence-electron chi connectivity index (χ4n) is 3.98. The molecule has 0 aliphatic carbocycles. The van der Waals surface area contributed by atoms with Crippen LogP contribution in [-0.2, 0) is 6.54 Å². The molecule has 0 saturated carbocycles. The van der Waals surface area contributed by atoms with Crippen molar-refractivity contribution in [2.45, 2.75) is 26.3 Å². The van der Waals surface area contributed by atoms with Crippen LogP contribution in [0.25, 0.3) is 11.4 Å². The van der Waals surface area contributed by atoms with E-state index in [1.807, 2.05) is 24.5 Å². The monoisotopic (exact) mass is 408 g/mol. The van der Waals surface area contributed by atoms with Crippen LogP contribution in [0.5, 0.6) is 5.75 Å². The lowest BCUT2D eigenvalue weighted by atomic mass is 9.96. The number of nitrogens with zero attached hydrogens (tertiary/aromatic N) is 4. The summed E-state index contributed by atoms with van der Waals surface area (Å²) in [6.07, 6.45) is 7.26. The zero-order chi connectivity index (χ0) is 21.1. The second kappa shape index (κ2) is 8.65. The average molecular weight is 408 g/mol. The SMILES string of the molecule is COc1ccc(C(=O)N2CCC(Cn3c(C)cnc3-c3cccnc3)CC2)cc1F. The van der Waals surface area contributed by atoms with Gasteiger partial charge in [-0.05, 0) is 56.0 Å². The molecule has 156 valence electrons. The maximum Gasteiger partial charge on any atom is 0.253 e. The number of benzene rings is 1. The molecule has 0 radical (unpaired) electrons. The van der Waals surface area contributed by atoms with Gasteiger partial charge in [0.2, 0.25) is 0 Å². The van der Waals surface area contributed by atoms with Crippen LogP contribution < -0.4 is 4.74 Å². The van der Waals surface area contributed by atoms with Gasteiger partial charge in [-0.3, -0.25) is 9.78 Å². The number of imidazole rings is 1. The highest BCUT2D eigenvalue weighted by molar-refractivity contribution is 5.94. The molecule has 1 aromatic carbocycles. The lowest BCUT2D eigenvalue weighted by Gasteiger charge is -2.32. The maximum absolute atomic E-state index is 14.0. The Labute approximate surface area is 175 Å². The first kappa shape index (κ1) is 20.1. The predicted molar refractivity (Wildman–Crippen MR) is 112 cm³/mol. The summed E-state index contributed by atoms with van der Waals surface area (Å²) in [7, 11) is 1.41. The summed E-state index contributed by atoms with van der Waals surface area (Å²) in [4.78, 5) is 23.3. The van der Waals surface area contributed by atoms with Crippen molar-refractivity contribution in [3.8, 4) is 17.1 Å². The van der Waals surface area contributed by atoms with Crippen molar-refractivity contribution in [3.63, 3.8) is 0 Å². The molecule has 0 spiro atoms. The molecule has 2 aromatic heterocycles. The minimum absolute atomic E-state index is 0.134. The zero-order valence-electron chi connectivity index (χ0n) is 17.2. The van der Waals surface area contributed by atoms with Crippen molar-refractivity contribution in [2.24, 2.45) is 5.92 Å². The van der Waals surface area contributed by atoms with Crippen LogP contribution in [0.1, 0.15) is 28.9 Å². The van der Waals surface area contributed by atoms with Crippen LogP contribution >= 0.6 is 0 Å². The van der Waals surface area contributed by atoms with E-state index in [9.17, 15) is 9.18 Å². The topological polar surface area (TPSA) is 60.2 Å². The Kier molecular flexibility index (Phi) is 5.79. The van der Waals surface area contributed by atoms with E-state index >= 15 is 0 Å². The van der Waals surface area contributed by atoms with Crippen LogP contribution in [-0.4, -0.2) is 45.5 Å². The van der Waals surface area contributed by atoms with Crippen molar-refractivity contribution in [2.75, 3.05) is 20.2 Å². The van der Waals surface area contributed by atoms with Crippen LogP contribution in [0.15, 0.2) is 48.9 Å². The largest absolute Gasteiger partial charge is 0.494 e. The number of carbonyl (C=O) groups excluding carboxylic acids is 1. The Morgan fingerprint density at radius 3 is 2.70 bits per heavy atom. The van der Waals surface area contributed by atoms with Crippen LogP contribution in [0.3, 0.4) is 0 Å². The summed E-state index contributed by atoms with van der Waals surface area (Å²) in [5.74, 6) is 0.866. The number of piperidine rings is 1. The smallest absolute Gasteiger partial charge is 0.253 e. The maximum atomic E-state index is 14.0. The number of aromatic nitrogens is 3. The van der Waals surface area contributed by atoms with E-state index in [1.54, 1.807) is 17.2 Å². The summed E-state index contributed by atoms with van der Waals surface area (Å²) in [5, 5.41) is 0. The van der Waals surface area contributed by atoms with E-state index in [2.05, 4.69) is 21.5 Å². The van der Waals surface area contributed by atoms with E-state index < -0.39 is 5.82 Å². The fourth-order valence-corrected chi connectivity index (χ4v) is 3.98. The quantitative estimate of drug-likeness (QED) is 0.641. The molecule has 7 heteroatoms. The molecule has 3 aromatic rings. The lowest BCUT2D eigenvalue weighted by molar-refractivity contribution is 0.0682. The number of pyridine rings is 1. The molecule has 6 nitrogen and oxygen atoms in total. The summed E-state index contributed by atoms with van der Waals surface area (Å²) in [5.41, 5.74) is 2.47. The summed E-state index contributed by atoms with van der Waals surface area (Å²) < 4.78 is 21.1. The first-order chi connectivity index (χ1) is 14.6. The number of likely N-dealkylation sites (tertiary alicyclic amines) is 1. The number of aryl methyl sites for hydroxylation is 1. The molecule has 1 aliphatic heterocycles. The van der Waals surface area contributed by atoms with Gasteiger partial charge in [0.25, 0.3) is 5.91 Å². The highest BCUT2D eigenvalue weighted by Crippen LogP contribution is 2.26. The average Bonchev–Trinajstić information content (AvgIpc) is 3.14. The highest BCUT2D eigenvalue weighted by Gasteiger charge is 2.25. The highest BCUT2D eigenvalue weighted by atomic mass is 19.1. The van der Waals surface area contributed by atoms with Gasteiger partial charge < -0.3 is 14.2 Å². The number of hydrogen-bond donors (Lipinski definition) is 0. The Morgan fingerprint density at radius 2 is 2.03 bits per heavy atom. The van der Waals surface area contributed by atoms with Crippen molar-refractivity contribution in [3.05, 3.63) is 66.0 Å². The molecule has 0 atom stereocenters. The molecule has 1 aliphatic rings. The Morgan fingerprint density at radius 1 is 1.23 bits per heavy atom. The fraction of sp³-hybridized carbons (Fsp3) is 0.348. The molecule has 0 unspecified atom stereocenters. The van der Waals surface area contributed by atoms with Gasteiger partial charge in [-0.25, -0.2) is 9.37 Å². The number of methoxy groups -OCH3 is 1. The Bertz CT molecular complexity index is 1030. The van der Waals surface area contributed by atoms with E-state index in [4.69, 9.17) is 4.74 Å². The molecule has 1 amide bonds. The lowest BCUT2D eigenvalue weighted by Crippen LogP contribution is -2.39. The molecular formula is C23H25FN4O2. The number of amides is 1. The third-order valence-electron chi connectivity index (χ3n) is 5.72. The minimum Gasteiger partial charge on any atom is -0.494 e. The molecule has 0 bridgehead atoms. The number of hydrogen-bond acceptors (Lipinski definition) is 4. The Hall–Kier alpha value is -3.22. The zero-order valence-corrected chi connectivity index (χ0v) is 17.2. The van der Waals surface area contributed by atoms with Crippen molar-refractivity contribution in [1.82, 2.24) is 19.4 Å². The number of halogens is 1. The van der Waals surface area contributed by atoms with Gasteiger partial charge >= 0.3 is 0 Å². The molecular weight excluding hydrogens is 383 g/mol. The van der Waals surface area contributed by atoms with Gasteiger partial charge in [-0.2, -0.15) is 0 Å². The molecule has 3 heterocycles. The Balaban J connectivity index is 1.41. The van der Waals surface area contributed by atoms with Crippen molar-refractivity contribution in [1.29, 1.82) is 0 Å². The van der Waals surface area contributed by atoms with Crippen molar-refractivity contribution >= 4 is 5.91 Å². The normalized spacial score (nSPS) is 14.7. The van der Waals surface area contributed by atoms with Crippen LogP contribution in [0, 0.1) is 18.7 Å². The van der Waals surface area contributed by atoms with Gasteiger partial charge in [-0.15, -0.1) is 0 Å². The van der Waals surface area contributed by atoms with E-state index in [0.717, 1.165) is 36.5 Å². The first-order valence-corrected chi connectivity index (χ1v) is 10.1. The van der Waals surface area contributed by atoms with E-state index in [-0.39, 0.29) is 11.7 Å². The molecule has 0 N–H and O–H groups in total. The summed E-state index contributed by atoms with van der Waals surface area (Å²) in [6.45, 7) is 4.24. The second-order valence-electron chi connectivity index (χ2n) is 7.66. The molecule has 4 rings (SSSR count). The van der Waals surface area contributed by atoms with E-state index in [0.29, 0.717) is 24.6 Å². The molecule has 1 saturated heterocycles. The van der Waals surface area contributed by atoms with Crippen molar-refractivity contribution < 1.29 is 13.9 Å². The number of ether oxygens (including phenoxy) is 1. The number of carbonyl (C=O) groups is 1. The standard InChI is InChI=1S/C23H25FN4O2/c1-16-13-26-22(19-4-3-9-25-14-19)28(16)15-17-7-10-27(11-8-17)23(29)18-5-6-21(30-2)20(24)12-18/h3-6,9,12-14,17H,7-8,10-11,15H2,1-2H3. The third-order valence-corrected chi connectivity index (χ3v) is 5.72. The second-order valence-corrected chi connectivity index (χ2v) is 7.66. The van der Waals surface area contributed by atoms with Gasteiger partial charge in [-0.1, -0.05) is 0 Å². The number of rotatable bonds is 5. The third kappa shape index (κ3) is 4.06. The first-order valence-electron chi connectivity index (χ1n) is 10.1. The van der Waals surface area contributed by atoms with Gasteiger partial charge in [0.1, 0.15) is 5.82 Å². The predicted octanol–water partition coefficient (Wildman–Crippen LogP) is 3.95. The van der Waals surface area contributed by atoms with Gasteiger partial charge in [0.05, 0.1) is 7.11 Å². The van der Waals surface area contributed by atoms with Crippen LogP contribution in [0.2, 0.25) is 0 Å². The molecule has 1 fully saturated rings. The van der Waals surface area contributed by atoms with Gasteiger partial charge in [0.15, 0.2) is 11.6 Å². The van der Waals surface area contributed by atoms with Gasteiger partial charge in [0, 0.05) is 55.0 Å². The summed E-state index contributed by atoms with van der Waals surface area (Å²) >= 11 is 0. The van der Waals surface area contributed by atoms with Crippen LogP contribution in [0.4, 0.5) is 4.39 Å².